The number of hydrogen-bond acceptors (Lipinski definition) is 4. The second kappa shape index (κ2) is 7.68. The summed E-state index contributed by atoms with van der Waals surface area (Å²) in [5, 5.41) is 1.79. The molecule has 0 saturated carbocycles. The number of aromatic amines is 1. The topological polar surface area (TPSA) is 68.1 Å². The van der Waals surface area contributed by atoms with Gasteiger partial charge in [-0.2, -0.15) is 0 Å². The van der Waals surface area contributed by atoms with Gasteiger partial charge in [0.05, 0.1) is 6.20 Å². The number of rotatable bonds is 6. The zero-order valence-corrected chi connectivity index (χ0v) is 15.2. The number of hydrogen-bond donors (Lipinski definition) is 1. The Labute approximate surface area is 160 Å². The van der Waals surface area contributed by atoms with Crippen molar-refractivity contribution in [3.8, 4) is 11.3 Å². The van der Waals surface area contributed by atoms with Crippen LogP contribution in [0.25, 0.3) is 22.2 Å². The summed E-state index contributed by atoms with van der Waals surface area (Å²) in [6.07, 6.45) is 4.46. The number of fused-ring (bicyclic) bond motifs is 1. The molecule has 0 atom stereocenters. The van der Waals surface area contributed by atoms with Crippen molar-refractivity contribution in [2.24, 2.45) is 0 Å². The second-order valence-electron chi connectivity index (χ2n) is 6.15. The van der Waals surface area contributed by atoms with E-state index in [1.54, 1.807) is 18.3 Å². The molecule has 0 aliphatic rings. The fraction of sp³-hybridized carbons (Fsp3) is 0.143. The van der Waals surface area contributed by atoms with E-state index in [0.29, 0.717) is 29.5 Å². The van der Waals surface area contributed by atoms with Gasteiger partial charge >= 0.3 is 5.97 Å². The minimum atomic E-state index is -0.286. The minimum Gasteiger partial charge on any atom is -0.456 e. The molecule has 0 aliphatic heterocycles. The van der Waals surface area contributed by atoms with Crippen molar-refractivity contribution < 1.29 is 13.9 Å². The first-order chi connectivity index (χ1) is 13.2. The number of esters is 1. The van der Waals surface area contributed by atoms with Crippen LogP contribution in [0, 0.1) is 0 Å². The molecule has 0 saturated heterocycles. The molecule has 2 aromatic heterocycles. The molecule has 1 N–H and O–H groups in total. The van der Waals surface area contributed by atoms with E-state index in [0.717, 1.165) is 22.0 Å². The minimum absolute atomic E-state index is 0.0142. The maximum Gasteiger partial charge on any atom is 0.306 e. The number of nitrogens with zero attached hydrogens (tertiary/aromatic N) is 1. The van der Waals surface area contributed by atoms with Gasteiger partial charge < -0.3 is 14.1 Å². The first kappa shape index (κ1) is 17.4. The summed E-state index contributed by atoms with van der Waals surface area (Å²) in [5.74, 6) is 0.684. The van der Waals surface area contributed by atoms with E-state index in [4.69, 9.17) is 20.8 Å². The summed E-state index contributed by atoms with van der Waals surface area (Å²) in [4.78, 5) is 19.4. The van der Waals surface area contributed by atoms with Gasteiger partial charge in [0.15, 0.2) is 12.4 Å². The van der Waals surface area contributed by atoms with Crippen LogP contribution in [0.4, 0.5) is 0 Å². The van der Waals surface area contributed by atoms with Crippen LogP contribution in [-0.4, -0.2) is 15.9 Å². The molecule has 0 fully saturated rings. The van der Waals surface area contributed by atoms with Crippen molar-refractivity contribution in [1.82, 2.24) is 9.97 Å². The summed E-state index contributed by atoms with van der Waals surface area (Å²) >= 11 is 5.88. The molecule has 4 aromatic rings. The maximum absolute atomic E-state index is 12.0. The molecule has 4 rings (SSSR count). The number of aromatic nitrogens is 2. The molecule has 0 amide bonds. The predicted octanol–water partition coefficient (Wildman–Crippen LogP) is 5.15. The lowest BCUT2D eigenvalue weighted by molar-refractivity contribution is -0.145. The fourth-order valence-corrected chi connectivity index (χ4v) is 3.04. The van der Waals surface area contributed by atoms with Crippen LogP contribution in [-0.2, 0) is 22.6 Å². The number of aryl methyl sites for hydroxylation is 1. The SMILES string of the molecule is O=C(CCc1c[nH]c2ccccc12)OCc1ncc(-c2ccc(Cl)cc2)o1. The first-order valence-electron chi connectivity index (χ1n) is 8.60. The lowest BCUT2D eigenvalue weighted by atomic mass is 10.1. The van der Waals surface area contributed by atoms with Crippen molar-refractivity contribution in [2.75, 3.05) is 0 Å². The molecule has 27 heavy (non-hydrogen) atoms. The normalized spacial score (nSPS) is 11.0. The molecule has 0 radical (unpaired) electrons. The lowest BCUT2D eigenvalue weighted by Gasteiger charge is -2.02. The van der Waals surface area contributed by atoms with E-state index < -0.39 is 0 Å². The zero-order valence-electron chi connectivity index (χ0n) is 14.4. The Hall–Kier alpha value is -3.05. The Morgan fingerprint density at radius 3 is 2.81 bits per heavy atom. The van der Waals surface area contributed by atoms with Crippen LogP contribution in [0.1, 0.15) is 17.9 Å². The molecule has 0 unspecified atom stereocenters. The smallest absolute Gasteiger partial charge is 0.306 e. The summed E-state index contributed by atoms with van der Waals surface area (Å²) in [5.41, 5.74) is 3.03. The van der Waals surface area contributed by atoms with Gasteiger partial charge in [-0.25, -0.2) is 4.98 Å². The van der Waals surface area contributed by atoms with Gasteiger partial charge in [0, 0.05) is 34.1 Å². The number of carbonyl (C=O) groups excluding carboxylic acids is 1. The number of benzene rings is 2. The fourth-order valence-electron chi connectivity index (χ4n) is 2.91. The van der Waals surface area contributed by atoms with Crippen molar-refractivity contribution in [1.29, 1.82) is 0 Å². The van der Waals surface area contributed by atoms with E-state index in [1.165, 1.54) is 0 Å². The number of nitrogens with one attached hydrogen (secondary N) is 1. The third kappa shape index (κ3) is 4.04. The quantitative estimate of drug-likeness (QED) is 0.469. The number of para-hydroxylation sites is 1. The maximum atomic E-state index is 12.0. The molecule has 5 nitrogen and oxygen atoms in total. The van der Waals surface area contributed by atoms with Crippen LogP contribution >= 0.6 is 11.6 Å². The van der Waals surface area contributed by atoms with Gasteiger partial charge in [-0.15, -0.1) is 0 Å². The average Bonchev–Trinajstić information content (AvgIpc) is 3.32. The highest BCUT2D eigenvalue weighted by molar-refractivity contribution is 6.30. The molecular weight excluding hydrogens is 364 g/mol. The zero-order chi connectivity index (χ0) is 18.6. The van der Waals surface area contributed by atoms with Crippen molar-refractivity contribution in [3.63, 3.8) is 0 Å². The van der Waals surface area contributed by atoms with E-state index in [1.807, 2.05) is 42.6 Å². The molecule has 0 aliphatic carbocycles. The third-order valence-corrected chi connectivity index (χ3v) is 4.56. The Morgan fingerprint density at radius 1 is 1.15 bits per heavy atom. The van der Waals surface area contributed by atoms with Crippen LogP contribution in [0.5, 0.6) is 0 Å². The Kier molecular flexibility index (Phi) is 4.94. The van der Waals surface area contributed by atoms with Gasteiger partial charge in [-0.3, -0.25) is 4.79 Å². The Bertz CT molecular complexity index is 1070. The monoisotopic (exact) mass is 380 g/mol. The van der Waals surface area contributed by atoms with Gasteiger partial charge in [-0.05, 0) is 42.3 Å². The highest BCUT2D eigenvalue weighted by atomic mass is 35.5. The molecule has 2 aromatic carbocycles. The number of H-pyrrole nitrogens is 1. The summed E-state index contributed by atoms with van der Waals surface area (Å²) in [6.45, 7) is 0.0142. The predicted molar refractivity (Wildman–Crippen MR) is 103 cm³/mol. The molecule has 0 spiro atoms. The van der Waals surface area contributed by atoms with Crippen molar-refractivity contribution in [3.05, 3.63) is 77.4 Å². The van der Waals surface area contributed by atoms with Crippen LogP contribution < -0.4 is 0 Å². The number of ether oxygens (including phenoxy) is 1. The summed E-state index contributed by atoms with van der Waals surface area (Å²) in [6, 6.07) is 15.3. The van der Waals surface area contributed by atoms with E-state index in [-0.39, 0.29) is 12.6 Å². The second-order valence-corrected chi connectivity index (χ2v) is 6.58. The highest BCUT2D eigenvalue weighted by Crippen LogP contribution is 2.23. The van der Waals surface area contributed by atoms with Crippen molar-refractivity contribution >= 4 is 28.5 Å². The third-order valence-electron chi connectivity index (χ3n) is 4.31. The largest absolute Gasteiger partial charge is 0.456 e. The van der Waals surface area contributed by atoms with Gasteiger partial charge in [0.2, 0.25) is 5.89 Å². The van der Waals surface area contributed by atoms with Crippen LogP contribution in [0.2, 0.25) is 5.02 Å². The number of oxazole rings is 1. The molecule has 2 heterocycles. The van der Waals surface area contributed by atoms with E-state index in [2.05, 4.69) is 9.97 Å². The molecule has 6 heteroatoms. The van der Waals surface area contributed by atoms with Gasteiger partial charge in [0.1, 0.15) is 0 Å². The molecule has 136 valence electrons. The summed E-state index contributed by atoms with van der Waals surface area (Å²) < 4.78 is 10.9. The molecule has 0 bridgehead atoms. The van der Waals surface area contributed by atoms with Crippen LogP contribution in [0.3, 0.4) is 0 Å². The Balaban J connectivity index is 1.31. The Morgan fingerprint density at radius 2 is 1.96 bits per heavy atom. The molecular formula is C21H17ClN2O3. The standard InChI is InChI=1S/C21H17ClN2O3/c22-16-8-5-14(6-9-16)19-12-24-20(27-19)13-26-21(25)10-7-15-11-23-18-4-2-1-3-17(15)18/h1-6,8-9,11-12,23H,7,10,13H2. The lowest BCUT2D eigenvalue weighted by Crippen LogP contribution is -2.06. The number of carbonyl (C=O) groups is 1. The highest BCUT2D eigenvalue weighted by Gasteiger charge is 2.11. The van der Waals surface area contributed by atoms with E-state index >= 15 is 0 Å². The van der Waals surface area contributed by atoms with Crippen LogP contribution in [0.15, 0.2) is 65.3 Å². The van der Waals surface area contributed by atoms with E-state index in [9.17, 15) is 4.79 Å². The van der Waals surface area contributed by atoms with Gasteiger partial charge in [-0.1, -0.05) is 29.8 Å². The number of halogens is 1. The van der Waals surface area contributed by atoms with Gasteiger partial charge in [0.25, 0.3) is 0 Å². The average molecular weight is 381 g/mol. The summed E-state index contributed by atoms with van der Waals surface area (Å²) in [7, 11) is 0. The first-order valence-corrected chi connectivity index (χ1v) is 8.98. The van der Waals surface area contributed by atoms with Crippen molar-refractivity contribution in [2.45, 2.75) is 19.4 Å².